The van der Waals surface area contributed by atoms with E-state index >= 15 is 0 Å². The third kappa shape index (κ3) is 3.40. The fraction of sp³-hybridized carbons (Fsp3) is 0.542. The van der Waals surface area contributed by atoms with Crippen LogP contribution in [0.5, 0.6) is 0 Å². The molecule has 1 unspecified atom stereocenters. The van der Waals surface area contributed by atoms with Gasteiger partial charge in [-0.05, 0) is 44.7 Å². The molecule has 1 saturated carbocycles. The first kappa shape index (κ1) is 19.2. The van der Waals surface area contributed by atoms with Crippen LogP contribution >= 0.6 is 0 Å². The van der Waals surface area contributed by atoms with E-state index in [1.807, 2.05) is 6.92 Å². The number of aromatic nitrogens is 4. The van der Waals surface area contributed by atoms with Crippen LogP contribution in [0.2, 0.25) is 0 Å². The van der Waals surface area contributed by atoms with Gasteiger partial charge >= 0.3 is 0 Å². The predicted octanol–water partition coefficient (Wildman–Crippen LogP) is 3.39. The molecule has 1 aromatic carbocycles. The van der Waals surface area contributed by atoms with Crippen molar-refractivity contribution < 1.29 is 4.74 Å². The Kier molecular flexibility index (Phi) is 4.69. The first-order valence-electron chi connectivity index (χ1n) is 11.6. The zero-order valence-corrected chi connectivity index (χ0v) is 18.4. The molecule has 0 bridgehead atoms. The molecule has 6 rings (SSSR count). The molecule has 0 amide bonds. The molecule has 1 aliphatic carbocycles. The van der Waals surface area contributed by atoms with E-state index in [-0.39, 0.29) is 6.04 Å². The van der Waals surface area contributed by atoms with Crippen molar-refractivity contribution in [2.45, 2.75) is 38.1 Å². The van der Waals surface area contributed by atoms with Gasteiger partial charge in [-0.3, -0.25) is 0 Å². The molecule has 162 valence electrons. The number of likely N-dealkylation sites (N-methyl/N-ethyl adjacent to an activating group) is 1. The van der Waals surface area contributed by atoms with Crippen LogP contribution in [0.25, 0.3) is 22.6 Å². The second-order valence-corrected chi connectivity index (χ2v) is 9.24. The monoisotopic (exact) mass is 418 g/mol. The number of nitrogens with zero attached hydrogens (tertiary/aromatic N) is 6. The van der Waals surface area contributed by atoms with Crippen molar-refractivity contribution in [3.63, 3.8) is 0 Å². The number of piperazine rings is 1. The first-order chi connectivity index (χ1) is 15.2. The molecule has 3 fully saturated rings. The van der Waals surface area contributed by atoms with Crippen LogP contribution in [0.4, 0.5) is 5.82 Å². The summed E-state index contributed by atoms with van der Waals surface area (Å²) in [6, 6.07) is 9.07. The summed E-state index contributed by atoms with van der Waals surface area (Å²) in [4.78, 5) is 19.8. The molecule has 0 radical (unpaired) electrons. The van der Waals surface area contributed by atoms with Gasteiger partial charge < -0.3 is 19.1 Å². The number of hydrogen-bond acceptors (Lipinski definition) is 6. The molecule has 0 spiro atoms. The number of ether oxygens (including phenoxy) is 1. The van der Waals surface area contributed by atoms with Crippen molar-refractivity contribution in [1.82, 2.24) is 24.4 Å². The molecule has 4 heterocycles. The molecule has 2 saturated heterocycles. The summed E-state index contributed by atoms with van der Waals surface area (Å²) in [6.07, 6.45) is 3.54. The van der Waals surface area contributed by atoms with Crippen LogP contribution in [-0.2, 0) is 4.74 Å². The van der Waals surface area contributed by atoms with E-state index in [0.29, 0.717) is 5.92 Å². The van der Waals surface area contributed by atoms with Crippen LogP contribution < -0.4 is 4.90 Å². The predicted molar refractivity (Wildman–Crippen MR) is 122 cm³/mol. The third-order valence-electron chi connectivity index (χ3n) is 6.93. The fourth-order valence-electron chi connectivity index (χ4n) is 5.02. The van der Waals surface area contributed by atoms with Gasteiger partial charge in [0.25, 0.3) is 0 Å². The number of aryl methyl sites for hydroxylation is 1. The lowest BCUT2D eigenvalue weighted by molar-refractivity contribution is 0.187. The minimum absolute atomic E-state index is 0.266. The number of imidazole rings is 1. The van der Waals surface area contributed by atoms with Crippen molar-refractivity contribution in [3.05, 3.63) is 35.7 Å². The van der Waals surface area contributed by atoms with Crippen LogP contribution in [0, 0.1) is 6.92 Å². The minimum Gasteiger partial charge on any atom is -0.379 e. The lowest BCUT2D eigenvalue weighted by Crippen LogP contribution is -2.45. The summed E-state index contributed by atoms with van der Waals surface area (Å²) in [5, 5.41) is 0. The van der Waals surface area contributed by atoms with Crippen molar-refractivity contribution >= 4 is 17.0 Å². The van der Waals surface area contributed by atoms with Crippen LogP contribution in [0.1, 0.15) is 42.6 Å². The third-order valence-corrected chi connectivity index (χ3v) is 6.93. The molecule has 7 heteroatoms. The molecule has 3 aliphatic rings. The van der Waals surface area contributed by atoms with Gasteiger partial charge in [-0.1, -0.05) is 24.3 Å². The Hall–Kier alpha value is -2.51. The molecule has 7 nitrogen and oxygen atoms in total. The zero-order valence-electron chi connectivity index (χ0n) is 18.4. The highest BCUT2D eigenvalue weighted by atomic mass is 16.5. The van der Waals surface area contributed by atoms with Gasteiger partial charge in [0.2, 0.25) is 0 Å². The van der Waals surface area contributed by atoms with Crippen molar-refractivity contribution in [3.8, 4) is 11.4 Å². The Balaban J connectivity index is 1.56. The highest BCUT2D eigenvalue weighted by molar-refractivity contribution is 5.88. The maximum absolute atomic E-state index is 5.79. The van der Waals surface area contributed by atoms with E-state index in [9.17, 15) is 0 Å². The van der Waals surface area contributed by atoms with E-state index < -0.39 is 0 Å². The number of hydrogen-bond donors (Lipinski definition) is 0. The average molecular weight is 419 g/mol. The Labute approximate surface area is 183 Å². The number of benzene rings is 1. The topological polar surface area (TPSA) is 59.3 Å². The highest BCUT2D eigenvalue weighted by Crippen LogP contribution is 2.45. The summed E-state index contributed by atoms with van der Waals surface area (Å²) >= 11 is 0. The lowest BCUT2D eigenvalue weighted by atomic mass is 10.0. The lowest BCUT2D eigenvalue weighted by Gasteiger charge is -2.33. The molecular formula is C24H30N6O. The summed E-state index contributed by atoms with van der Waals surface area (Å²) in [6.45, 7) is 7.53. The second-order valence-electron chi connectivity index (χ2n) is 9.24. The van der Waals surface area contributed by atoms with Crippen LogP contribution in [0.15, 0.2) is 24.3 Å². The SMILES string of the molecule is Cc1nc(N2CCN(C)CC2)c2nc(-c3ccccc3C3CC3)n(C3CCOC3)c2n1. The van der Waals surface area contributed by atoms with Crippen molar-refractivity contribution in [2.75, 3.05) is 51.3 Å². The Morgan fingerprint density at radius 1 is 0.968 bits per heavy atom. The maximum Gasteiger partial charge on any atom is 0.166 e. The summed E-state index contributed by atoms with van der Waals surface area (Å²) in [7, 11) is 2.18. The largest absolute Gasteiger partial charge is 0.379 e. The number of rotatable bonds is 4. The normalized spacial score (nSPS) is 22.5. The molecule has 3 aromatic rings. The Bertz CT molecular complexity index is 1110. The summed E-state index contributed by atoms with van der Waals surface area (Å²) in [5.74, 6) is 3.49. The minimum atomic E-state index is 0.266. The smallest absolute Gasteiger partial charge is 0.166 e. The van der Waals surface area contributed by atoms with Gasteiger partial charge in [-0.2, -0.15) is 0 Å². The molecule has 2 aliphatic heterocycles. The van der Waals surface area contributed by atoms with Gasteiger partial charge in [0, 0.05) is 38.3 Å². The zero-order chi connectivity index (χ0) is 20.9. The maximum atomic E-state index is 5.79. The number of anilines is 1. The molecule has 2 aromatic heterocycles. The van der Waals surface area contributed by atoms with Crippen LogP contribution in [0.3, 0.4) is 0 Å². The highest BCUT2D eigenvalue weighted by Gasteiger charge is 2.32. The summed E-state index contributed by atoms with van der Waals surface area (Å²) < 4.78 is 8.15. The van der Waals surface area contributed by atoms with Gasteiger partial charge in [-0.25, -0.2) is 15.0 Å². The average Bonchev–Trinajstić information content (AvgIpc) is 3.35. The van der Waals surface area contributed by atoms with E-state index in [1.165, 1.54) is 24.0 Å². The Morgan fingerprint density at radius 2 is 1.77 bits per heavy atom. The number of fused-ring (bicyclic) bond motifs is 1. The second kappa shape index (κ2) is 7.57. The molecule has 1 atom stereocenters. The van der Waals surface area contributed by atoms with Gasteiger partial charge in [0.15, 0.2) is 17.0 Å². The van der Waals surface area contributed by atoms with Crippen molar-refractivity contribution in [1.29, 1.82) is 0 Å². The van der Waals surface area contributed by atoms with E-state index in [4.69, 9.17) is 19.7 Å². The first-order valence-corrected chi connectivity index (χ1v) is 11.6. The van der Waals surface area contributed by atoms with E-state index in [0.717, 1.165) is 74.4 Å². The van der Waals surface area contributed by atoms with E-state index in [2.05, 4.69) is 45.7 Å². The summed E-state index contributed by atoms with van der Waals surface area (Å²) in [5.41, 5.74) is 4.56. The molecule has 0 N–H and O–H groups in total. The molecule has 31 heavy (non-hydrogen) atoms. The van der Waals surface area contributed by atoms with Gasteiger partial charge in [0.1, 0.15) is 11.6 Å². The van der Waals surface area contributed by atoms with Crippen molar-refractivity contribution in [2.24, 2.45) is 0 Å². The van der Waals surface area contributed by atoms with Gasteiger partial charge in [0.05, 0.1) is 12.6 Å². The fourth-order valence-corrected chi connectivity index (χ4v) is 5.02. The standard InChI is InChI=1S/C24H30N6O/c1-16-25-23(29-12-10-28(2)11-13-29)21-24(26-16)30(18-9-14-31-15-18)22(27-21)20-6-4-3-5-19(20)17-7-8-17/h3-6,17-18H,7-15H2,1-2H3. The molecular weight excluding hydrogens is 388 g/mol. The van der Waals surface area contributed by atoms with E-state index in [1.54, 1.807) is 0 Å². The van der Waals surface area contributed by atoms with Crippen LogP contribution in [-0.4, -0.2) is 70.9 Å². The quantitative estimate of drug-likeness (QED) is 0.647. The Morgan fingerprint density at radius 3 is 2.52 bits per heavy atom. The van der Waals surface area contributed by atoms with Gasteiger partial charge in [-0.15, -0.1) is 0 Å².